The van der Waals surface area contributed by atoms with Crippen LogP contribution in [0.5, 0.6) is 0 Å². The van der Waals surface area contributed by atoms with Gasteiger partial charge in [0.1, 0.15) is 0 Å². The van der Waals surface area contributed by atoms with Crippen LogP contribution >= 0.6 is 0 Å². The third-order valence-electron chi connectivity index (χ3n) is 4.21. The van der Waals surface area contributed by atoms with Crippen molar-refractivity contribution in [3.63, 3.8) is 0 Å². The smallest absolute Gasteiger partial charge is 0.269 e. The first-order valence-corrected chi connectivity index (χ1v) is 8.80. The van der Waals surface area contributed by atoms with E-state index in [2.05, 4.69) is 10.6 Å². The molecule has 0 bridgehead atoms. The van der Waals surface area contributed by atoms with E-state index >= 15 is 0 Å². The highest BCUT2D eigenvalue weighted by Crippen LogP contribution is 2.15. The molecule has 0 aromatic heterocycles. The molecule has 28 heavy (non-hydrogen) atoms. The molecule has 1 aromatic rings. The predicted molar refractivity (Wildman–Crippen MR) is 104 cm³/mol. The van der Waals surface area contributed by atoms with Gasteiger partial charge in [-0.2, -0.15) is 0 Å². The summed E-state index contributed by atoms with van der Waals surface area (Å²) in [6.07, 6.45) is 2.16. The summed E-state index contributed by atoms with van der Waals surface area (Å²) in [5, 5.41) is 15.9. The maximum atomic E-state index is 12.4. The summed E-state index contributed by atoms with van der Waals surface area (Å²) in [6, 6.07) is 5.71. The van der Waals surface area contributed by atoms with Crippen LogP contribution in [0.3, 0.4) is 0 Å². The van der Waals surface area contributed by atoms with Crippen LogP contribution in [0.15, 0.2) is 35.9 Å². The van der Waals surface area contributed by atoms with Crippen LogP contribution in [0, 0.1) is 16.0 Å². The van der Waals surface area contributed by atoms with E-state index in [0.29, 0.717) is 17.5 Å². The highest BCUT2D eigenvalue weighted by atomic mass is 16.6. The van der Waals surface area contributed by atoms with Gasteiger partial charge in [-0.1, -0.05) is 32.1 Å². The predicted octanol–water partition coefficient (Wildman–Crippen LogP) is 1.39. The van der Waals surface area contributed by atoms with Gasteiger partial charge < -0.3 is 15.5 Å². The minimum absolute atomic E-state index is 0.0389. The second-order valence-corrected chi connectivity index (χ2v) is 6.70. The second-order valence-electron chi connectivity index (χ2n) is 6.70. The number of nitrogens with one attached hydrogen (secondary N) is 2. The number of carbonyl (C=O) groups excluding carboxylic acids is 3. The van der Waals surface area contributed by atoms with Crippen molar-refractivity contribution in [1.29, 1.82) is 0 Å². The van der Waals surface area contributed by atoms with Crippen molar-refractivity contribution >= 4 is 23.9 Å². The zero-order valence-corrected chi connectivity index (χ0v) is 16.5. The van der Waals surface area contributed by atoms with Gasteiger partial charge in [-0.3, -0.25) is 24.5 Å². The number of hydrogen-bond donors (Lipinski definition) is 2. The lowest BCUT2D eigenvalue weighted by molar-refractivity contribution is -0.384. The van der Waals surface area contributed by atoms with Crippen molar-refractivity contribution in [2.45, 2.75) is 33.4 Å². The SMILES string of the molecule is C/C(=C\[C@H](C(C)C)N(C)C(=O)CNC=O)C(=O)NCc1cccc([N+](=O)[O-])c1. The Bertz CT molecular complexity index is 760. The van der Waals surface area contributed by atoms with Crippen molar-refractivity contribution in [2.75, 3.05) is 13.6 Å². The largest absolute Gasteiger partial charge is 0.350 e. The minimum Gasteiger partial charge on any atom is -0.350 e. The molecule has 9 nitrogen and oxygen atoms in total. The molecule has 0 radical (unpaired) electrons. The maximum absolute atomic E-state index is 12.4. The third-order valence-corrected chi connectivity index (χ3v) is 4.21. The molecule has 0 fully saturated rings. The fourth-order valence-corrected chi connectivity index (χ4v) is 2.60. The molecule has 0 spiro atoms. The highest BCUT2D eigenvalue weighted by molar-refractivity contribution is 5.93. The topological polar surface area (TPSA) is 122 Å². The standard InChI is InChI=1S/C19H26N4O5/c1-13(2)17(22(4)18(25)11-20-12-24)8-14(3)19(26)21-10-15-6-5-7-16(9-15)23(27)28/h5-9,12-13,17H,10-11H2,1-4H3,(H,20,24)(H,21,26)/b14-8+/t17-/m1/s1. The molecular weight excluding hydrogens is 364 g/mol. The van der Waals surface area contributed by atoms with Crippen LogP contribution in [-0.4, -0.2) is 47.7 Å². The normalized spacial score (nSPS) is 12.2. The summed E-state index contributed by atoms with van der Waals surface area (Å²) in [5.74, 6) is -0.555. The Balaban J connectivity index is 2.81. The summed E-state index contributed by atoms with van der Waals surface area (Å²) in [5.41, 5.74) is 0.998. The van der Waals surface area contributed by atoms with E-state index in [9.17, 15) is 24.5 Å². The molecule has 0 aliphatic carbocycles. The summed E-state index contributed by atoms with van der Waals surface area (Å²) in [7, 11) is 1.62. The second kappa shape index (κ2) is 10.8. The molecule has 0 aliphatic rings. The van der Waals surface area contributed by atoms with Crippen molar-refractivity contribution in [2.24, 2.45) is 5.92 Å². The van der Waals surface area contributed by atoms with E-state index in [1.54, 1.807) is 32.2 Å². The Morgan fingerprint density at radius 1 is 1.32 bits per heavy atom. The van der Waals surface area contributed by atoms with Crippen LogP contribution in [0.25, 0.3) is 0 Å². The minimum atomic E-state index is -0.490. The van der Waals surface area contributed by atoms with Crippen LogP contribution in [0.4, 0.5) is 5.69 Å². The average molecular weight is 390 g/mol. The van der Waals surface area contributed by atoms with Gasteiger partial charge in [0, 0.05) is 31.3 Å². The van der Waals surface area contributed by atoms with Gasteiger partial charge >= 0.3 is 0 Å². The molecule has 1 rings (SSSR count). The average Bonchev–Trinajstić information content (AvgIpc) is 2.67. The van der Waals surface area contributed by atoms with Gasteiger partial charge in [0.2, 0.25) is 18.2 Å². The molecule has 1 atom stereocenters. The van der Waals surface area contributed by atoms with E-state index in [-0.39, 0.29) is 42.6 Å². The number of benzene rings is 1. The van der Waals surface area contributed by atoms with Gasteiger partial charge in [0.25, 0.3) is 5.69 Å². The van der Waals surface area contributed by atoms with Crippen molar-refractivity contribution in [1.82, 2.24) is 15.5 Å². The Kier molecular flexibility index (Phi) is 8.80. The molecule has 0 unspecified atom stereocenters. The van der Waals surface area contributed by atoms with Crippen molar-refractivity contribution < 1.29 is 19.3 Å². The van der Waals surface area contributed by atoms with E-state index in [4.69, 9.17) is 0 Å². The molecular formula is C19H26N4O5. The maximum Gasteiger partial charge on any atom is 0.269 e. The van der Waals surface area contributed by atoms with E-state index in [1.807, 2.05) is 13.8 Å². The molecule has 0 heterocycles. The first-order chi connectivity index (χ1) is 13.2. The fraction of sp³-hybridized carbons (Fsp3) is 0.421. The lowest BCUT2D eigenvalue weighted by atomic mass is 9.99. The monoisotopic (exact) mass is 390 g/mol. The van der Waals surface area contributed by atoms with Crippen LogP contribution in [0.2, 0.25) is 0 Å². The molecule has 9 heteroatoms. The van der Waals surface area contributed by atoms with Gasteiger partial charge in [-0.05, 0) is 18.4 Å². The van der Waals surface area contributed by atoms with Crippen LogP contribution in [0.1, 0.15) is 26.3 Å². The summed E-state index contributed by atoms with van der Waals surface area (Å²) >= 11 is 0. The first kappa shape index (κ1) is 22.8. The number of nitro benzene ring substituents is 1. The fourth-order valence-electron chi connectivity index (χ4n) is 2.60. The Labute approximate surface area is 163 Å². The Morgan fingerprint density at radius 3 is 2.57 bits per heavy atom. The number of hydrogen-bond acceptors (Lipinski definition) is 5. The highest BCUT2D eigenvalue weighted by Gasteiger charge is 2.22. The number of likely N-dealkylation sites (N-methyl/N-ethyl adjacent to an activating group) is 1. The first-order valence-electron chi connectivity index (χ1n) is 8.80. The molecule has 152 valence electrons. The lowest BCUT2D eigenvalue weighted by Crippen LogP contribution is -2.43. The quantitative estimate of drug-likeness (QED) is 0.271. The molecule has 0 saturated heterocycles. The number of amides is 3. The zero-order valence-electron chi connectivity index (χ0n) is 16.5. The summed E-state index contributed by atoms with van der Waals surface area (Å²) < 4.78 is 0. The molecule has 0 aliphatic heterocycles. The molecule has 3 amide bonds. The third kappa shape index (κ3) is 6.82. The van der Waals surface area contributed by atoms with E-state index < -0.39 is 4.92 Å². The zero-order chi connectivity index (χ0) is 21.3. The van der Waals surface area contributed by atoms with Gasteiger partial charge in [0.05, 0.1) is 17.5 Å². The van der Waals surface area contributed by atoms with Gasteiger partial charge in [-0.25, -0.2) is 0 Å². The van der Waals surface area contributed by atoms with E-state index in [0.717, 1.165) is 0 Å². The van der Waals surface area contributed by atoms with Gasteiger partial charge in [0.15, 0.2) is 0 Å². The van der Waals surface area contributed by atoms with Crippen molar-refractivity contribution in [3.8, 4) is 0 Å². The summed E-state index contributed by atoms with van der Waals surface area (Å²) in [4.78, 5) is 46.7. The number of nitro groups is 1. The number of non-ortho nitro benzene ring substituents is 1. The van der Waals surface area contributed by atoms with Crippen LogP contribution < -0.4 is 10.6 Å². The molecule has 1 aromatic carbocycles. The van der Waals surface area contributed by atoms with Gasteiger partial charge in [-0.15, -0.1) is 0 Å². The number of carbonyl (C=O) groups is 3. The number of rotatable bonds is 10. The van der Waals surface area contributed by atoms with E-state index in [1.165, 1.54) is 17.0 Å². The molecule has 2 N–H and O–H groups in total. The van der Waals surface area contributed by atoms with Crippen LogP contribution in [-0.2, 0) is 20.9 Å². The summed E-state index contributed by atoms with van der Waals surface area (Å²) in [6.45, 7) is 5.52. The lowest BCUT2D eigenvalue weighted by Gasteiger charge is -2.29. The Morgan fingerprint density at radius 2 is 2.00 bits per heavy atom. The van der Waals surface area contributed by atoms with Crippen molar-refractivity contribution in [3.05, 3.63) is 51.6 Å². The number of nitrogens with zero attached hydrogens (tertiary/aromatic N) is 2. The molecule has 0 saturated carbocycles. The Hall–Kier alpha value is -3.23.